The zero-order valence-electron chi connectivity index (χ0n) is 11.2. The minimum Gasteiger partial charge on any atom is -0.383 e. The largest absolute Gasteiger partial charge is 0.383 e. The highest BCUT2D eigenvalue weighted by atomic mass is 32.2. The molecule has 3 rings (SSSR count). The van der Waals surface area contributed by atoms with E-state index in [4.69, 9.17) is 4.74 Å². The fraction of sp³-hybridized carbons (Fsp3) is 0.286. The number of benzene rings is 1. The predicted molar refractivity (Wildman–Crippen MR) is 83.3 cm³/mol. The lowest BCUT2D eigenvalue weighted by Gasteiger charge is -2.05. The van der Waals surface area contributed by atoms with Crippen molar-refractivity contribution in [2.45, 2.75) is 17.5 Å². The Morgan fingerprint density at radius 2 is 2.25 bits per heavy atom. The van der Waals surface area contributed by atoms with Gasteiger partial charge in [-0.15, -0.1) is 21.5 Å². The summed E-state index contributed by atoms with van der Waals surface area (Å²) in [5.74, 6) is 0.912. The van der Waals surface area contributed by atoms with Crippen LogP contribution in [0.1, 0.15) is 5.56 Å². The maximum Gasteiger partial charge on any atom is 0.191 e. The number of methoxy groups -OCH3 is 1. The summed E-state index contributed by atoms with van der Waals surface area (Å²) in [5.41, 5.74) is 1.36. The fourth-order valence-electron chi connectivity index (χ4n) is 1.99. The smallest absolute Gasteiger partial charge is 0.191 e. The van der Waals surface area contributed by atoms with Crippen molar-refractivity contribution in [2.75, 3.05) is 13.7 Å². The van der Waals surface area contributed by atoms with Crippen LogP contribution in [0.5, 0.6) is 0 Å². The number of hydrogen-bond acceptors (Lipinski definition) is 5. The van der Waals surface area contributed by atoms with Crippen LogP contribution in [0.15, 0.2) is 41.1 Å². The second kappa shape index (κ2) is 6.39. The van der Waals surface area contributed by atoms with Gasteiger partial charge in [-0.1, -0.05) is 30.0 Å². The summed E-state index contributed by atoms with van der Waals surface area (Å²) in [4.78, 5) is 0. The molecule has 0 bridgehead atoms. The molecule has 0 fully saturated rings. The van der Waals surface area contributed by atoms with Crippen molar-refractivity contribution in [2.24, 2.45) is 0 Å². The number of ether oxygens (including phenoxy) is 1. The van der Waals surface area contributed by atoms with Crippen LogP contribution in [0.4, 0.5) is 0 Å². The molecule has 0 atom stereocenters. The van der Waals surface area contributed by atoms with Gasteiger partial charge in [0.1, 0.15) is 6.33 Å². The van der Waals surface area contributed by atoms with Crippen molar-refractivity contribution >= 4 is 33.2 Å². The van der Waals surface area contributed by atoms with Gasteiger partial charge in [0.2, 0.25) is 0 Å². The lowest BCUT2D eigenvalue weighted by Crippen LogP contribution is -2.04. The predicted octanol–water partition coefficient (Wildman–Crippen LogP) is 3.43. The molecule has 2 aromatic heterocycles. The molecule has 0 aliphatic carbocycles. The Kier molecular flexibility index (Phi) is 4.34. The molecule has 0 amide bonds. The first-order valence-corrected chi connectivity index (χ1v) is 8.19. The highest BCUT2D eigenvalue weighted by molar-refractivity contribution is 7.98. The third kappa shape index (κ3) is 2.87. The first kappa shape index (κ1) is 13.6. The zero-order chi connectivity index (χ0) is 13.8. The molecule has 0 saturated heterocycles. The molecule has 2 heterocycles. The van der Waals surface area contributed by atoms with Crippen LogP contribution in [0.25, 0.3) is 10.1 Å². The molecule has 3 aromatic rings. The van der Waals surface area contributed by atoms with E-state index in [0.29, 0.717) is 6.61 Å². The van der Waals surface area contributed by atoms with E-state index in [2.05, 4.69) is 39.8 Å². The molecule has 20 heavy (non-hydrogen) atoms. The van der Waals surface area contributed by atoms with Gasteiger partial charge in [-0.3, -0.25) is 0 Å². The van der Waals surface area contributed by atoms with Gasteiger partial charge in [0.15, 0.2) is 5.16 Å². The molecule has 0 radical (unpaired) electrons. The molecule has 0 unspecified atom stereocenters. The molecule has 4 nitrogen and oxygen atoms in total. The lowest BCUT2D eigenvalue weighted by molar-refractivity contribution is 0.184. The number of aromatic nitrogens is 3. The maximum atomic E-state index is 5.09. The van der Waals surface area contributed by atoms with E-state index in [1.807, 2.05) is 4.57 Å². The third-order valence-corrected chi connectivity index (χ3v) is 5.08. The number of rotatable bonds is 6. The Bertz CT molecular complexity index is 692. The molecule has 0 N–H and O–H groups in total. The molecule has 0 aliphatic rings. The minimum atomic E-state index is 0.674. The van der Waals surface area contributed by atoms with Gasteiger partial charge < -0.3 is 9.30 Å². The molecule has 0 saturated carbocycles. The summed E-state index contributed by atoms with van der Waals surface area (Å²) >= 11 is 3.51. The Morgan fingerprint density at radius 3 is 3.15 bits per heavy atom. The van der Waals surface area contributed by atoms with Crippen LogP contribution in [-0.4, -0.2) is 28.5 Å². The quantitative estimate of drug-likeness (QED) is 0.654. The average molecular weight is 305 g/mol. The highest BCUT2D eigenvalue weighted by Gasteiger charge is 2.08. The van der Waals surface area contributed by atoms with Crippen LogP contribution < -0.4 is 0 Å². The van der Waals surface area contributed by atoms with Crippen molar-refractivity contribution in [1.29, 1.82) is 0 Å². The zero-order valence-corrected chi connectivity index (χ0v) is 12.8. The Labute approximate surface area is 125 Å². The summed E-state index contributed by atoms with van der Waals surface area (Å²) < 4.78 is 8.46. The Morgan fingerprint density at radius 1 is 1.35 bits per heavy atom. The van der Waals surface area contributed by atoms with Gasteiger partial charge in [0.25, 0.3) is 0 Å². The van der Waals surface area contributed by atoms with Gasteiger partial charge in [0, 0.05) is 24.1 Å². The van der Waals surface area contributed by atoms with Gasteiger partial charge in [-0.2, -0.15) is 0 Å². The van der Waals surface area contributed by atoms with E-state index in [0.717, 1.165) is 17.5 Å². The second-order valence-electron chi connectivity index (χ2n) is 4.35. The maximum absolute atomic E-state index is 5.09. The van der Waals surface area contributed by atoms with Gasteiger partial charge in [-0.05, 0) is 22.4 Å². The van der Waals surface area contributed by atoms with Crippen molar-refractivity contribution in [1.82, 2.24) is 14.8 Å². The average Bonchev–Trinajstić information content (AvgIpc) is 3.09. The first-order chi connectivity index (χ1) is 9.88. The van der Waals surface area contributed by atoms with Gasteiger partial charge >= 0.3 is 0 Å². The standard InChI is InChI=1S/C14H15N3OS2/c1-18-7-6-17-10-15-16-14(17)20-9-11-8-19-13-5-3-2-4-12(11)13/h2-5,8,10H,6-7,9H2,1H3. The van der Waals surface area contributed by atoms with E-state index < -0.39 is 0 Å². The topological polar surface area (TPSA) is 39.9 Å². The summed E-state index contributed by atoms with van der Waals surface area (Å²) in [7, 11) is 1.70. The number of fused-ring (bicyclic) bond motifs is 1. The van der Waals surface area contributed by atoms with E-state index in [-0.39, 0.29) is 0 Å². The molecule has 1 aromatic carbocycles. The highest BCUT2D eigenvalue weighted by Crippen LogP contribution is 2.30. The van der Waals surface area contributed by atoms with Gasteiger partial charge in [0.05, 0.1) is 6.61 Å². The number of thioether (sulfide) groups is 1. The first-order valence-electron chi connectivity index (χ1n) is 6.33. The molecule has 0 aliphatic heterocycles. The number of hydrogen-bond donors (Lipinski definition) is 0. The summed E-state index contributed by atoms with van der Waals surface area (Å²) in [5, 5.41) is 12.7. The normalized spacial score (nSPS) is 11.2. The number of thiophene rings is 1. The van der Waals surface area contributed by atoms with E-state index in [1.165, 1.54) is 15.6 Å². The Hall–Kier alpha value is -1.37. The Balaban J connectivity index is 1.72. The van der Waals surface area contributed by atoms with Crippen LogP contribution in [0, 0.1) is 0 Å². The summed E-state index contributed by atoms with van der Waals surface area (Å²) in [6.45, 7) is 1.46. The van der Waals surface area contributed by atoms with Gasteiger partial charge in [-0.25, -0.2) is 0 Å². The van der Waals surface area contributed by atoms with Crippen LogP contribution in [0.2, 0.25) is 0 Å². The minimum absolute atomic E-state index is 0.674. The summed E-state index contributed by atoms with van der Waals surface area (Å²) in [6, 6.07) is 8.51. The van der Waals surface area contributed by atoms with Crippen molar-refractivity contribution in [3.8, 4) is 0 Å². The molecule has 104 valence electrons. The van der Waals surface area contributed by atoms with E-state index in [9.17, 15) is 0 Å². The third-order valence-electron chi connectivity index (χ3n) is 3.03. The van der Waals surface area contributed by atoms with Crippen molar-refractivity contribution in [3.05, 3.63) is 41.5 Å². The number of nitrogens with zero attached hydrogens (tertiary/aromatic N) is 3. The lowest BCUT2D eigenvalue weighted by atomic mass is 10.2. The second-order valence-corrected chi connectivity index (χ2v) is 6.20. The fourth-order valence-corrected chi connectivity index (χ4v) is 3.99. The van der Waals surface area contributed by atoms with Crippen LogP contribution in [0.3, 0.4) is 0 Å². The molecule has 6 heteroatoms. The monoisotopic (exact) mass is 305 g/mol. The summed E-state index contributed by atoms with van der Waals surface area (Å²) in [6.07, 6.45) is 1.76. The van der Waals surface area contributed by atoms with Crippen molar-refractivity contribution in [3.63, 3.8) is 0 Å². The van der Waals surface area contributed by atoms with E-state index in [1.54, 1.807) is 36.5 Å². The van der Waals surface area contributed by atoms with Crippen molar-refractivity contribution < 1.29 is 4.74 Å². The molecular weight excluding hydrogens is 290 g/mol. The molecular formula is C14H15N3OS2. The van der Waals surface area contributed by atoms with E-state index >= 15 is 0 Å². The SMILES string of the molecule is COCCn1cnnc1SCc1csc2ccccc12. The van der Waals surface area contributed by atoms with Crippen LogP contribution in [-0.2, 0) is 17.0 Å². The van der Waals surface area contributed by atoms with Crippen LogP contribution >= 0.6 is 23.1 Å². The molecule has 0 spiro atoms.